The molecule has 1 fully saturated rings. The van der Waals surface area contributed by atoms with Crippen molar-refractivity contribution in [1.82, 2.24) is 4.57 Å². The first-order valence-electron chi connectivity index (χ1n) is 12.9. The summed E-state index contributed by atoms with van der Waals surface area (Å²) in [4.78, 5) is 57.3. The van der Waals surface area contributed by atoms with Crippen LogP contribution in [0.3, 0.4) is 0 Å². The zero-order valence-electron chi connectivity index (χ0n) is 22.1. The number of carbonyl (C=O) groups is 3. The number of anilines is 3. The van der Waals surface area contributed by atoms with Crippen LogP contribution in [0.25, 0.3) is 0 Å². The van der Waals surface area contributed by atoms with Crippen LogP contribution in [0.5, 0.6) is 0 Å². The van der Waals surface area contributed by atoms with E-state index in [0.29, 0.717) is 21.3 Å². The summed E-state index contributed by atoms with van der Waals surface area (Å²) < 4.78 is 15.0. The minimum absolute atomic E-state index is 0.236. The molecule has 3 amide bonds. The zero-order valence-corrected chi connectivity index (χ0v) is 23.7. The standard InChI is InChI=1S/C30H25FN4O4S2/c1-33(2)20-12-8-17(9-13-20)23-24-25(28(38)35(27(24)37)21-14-10-18(31)11-15-21)40-29-26(23)41-30(39)34(29)16-22(36)32-19-6-4-3-5-7-19/h3-15,23-25H,16H2,1-2H3,(H,32,36). The average molecular weight is 589 g/mol. The smallest absolute Gasteiger partial charge is 0.308 e. The Hall–Kier alpha value is -4.22. The Bertz CT molecular complexity index is 1700. The van der Waals surface area contributed by atoms with Gasteiger partial charge in [-0.05, 0) is 54.1 Å². The molecular weight excluding hydrogens is 563 g/mol. The average Bonchev–Trinajstić information content (AvgIpc) is 3.40. The lowest BCUT2D eigenvalue weighted by Crippen LogP contribution is -2.33. The summed E-state index contributed by atoms with van der Waals surface area (Å²) in [7, 11) is 3.85. The monoisotopic (exact) mass is 588 g/mol. The fourth-order valence-corrected chi connectivity index (χ4v) is 8.08. The van der Waals surface area contributed by atoms with Crippen molar-refractivity contribution < 1.29 is 18.8 Å². The number of rotatable bonds is 6. The first-order valence-corrected chi connectivity index (χ1v) is 14.6. The maximum atomic E-state index is 13.9. The fraction of sp³-hybridized carbons (Fsp3) is 0.200. The first-order chi connectivity index (χ1) is 19.7. The van der Waals surface area contributed by atoms with Crippen LogP contribution in [0.1, 0.15) is 16.4 Å². The lowest BCUT2D eigenvalue weighted by atomic mass is 9.83. The summed E-state index contributed by atoms with van der Waals surface area (Å²) >= 11 is 2.14. The summed E-state index contributed by atoms with van der Waals surface area (Å²) in [5, 5.41) is 2.49. The van der Waals surface area contributed by atoms with Crippen LogP contribution in [-0.4, -0.2) is 41.6 Å². The third-order valence-corrected chi connectivity index (χ3v) is 9.87. The molecule has 6 rings (SSSR count). The van der Waals surface area contributed by atoms with Gasteiger partial charge in [-0.1, -0.05) is 53.4 Å². The van der Waals surface area contributed by atoms with E-state index in [1.165, 1.54) is 28.8 Å². The van der Waals surface area contributed by atoms with Gasteiger partial charge in [-0.2, -0.15) is 0 Å². The third kappa shape index (κ3) is 4.85. The second-order valence-corrected chi connectivity index (χ2v) is 12.2. The Morgan fingerprint density at radius 1 is 0.927 bits per heavy atom. The molecule has 3 heterocycles. The van der Waals surface area contributed by atoms with Gasteiger partial charge in [-0.15, -0.1) is 0 Å². The lowest BCUT2D eigenvalue weighted by Gasteiger charge is -2.31. The second kappa shape index (κ2) is 10.6. The van der Waals surface area contributed by atoms with Gasteiger partial charge in [0.15, 0.2) is 0 Å². The molecule has 3 aromatic carbocycles. The molecule has 3 atom stereocenters. The summed E-state index contributed by atoms with van der Waals surface area (Å²) in [6.07, 6.45) is 0. The molecule has 2 aliphatic rings. The molecule has 1 saturated heterocycles. The van der Waals surface area contributed by atoms with Crippen molar-refractivity contribution in [3.8, 4) is 0 Å². The Morgan fingerprint density at radius 3 is 2.27 bits per heavy atom. The van der Waals surface area contributed by atoms with Crippen molar-refractivity contribution in [2.45, 2.75) is 22.7 Å². The number of aromatic nitrogens is 1. The topological polar surface area (TPSA) is 91.7 Å². The third-order valence-electron chi connectivity index (χ3n) is 7.26. The van der Waals surface area contributed by atoms with Crippen molar-refractivity contribution in [3.63, 3.8) is 0 Å². The van der Waals surface area contributed by atoms with Crippen molar-refractivity contribution in [2.75, 3.05) is 29.2 Å². The van der Waals surface area contributed by atoms with Crippen LogP contribution in [-0.2, 0) is 20.9 Å². The van der Waals surface area contributed by atoms with Gasteiger partial charge in [-0.3, -0.25) is 23.7 Å². The number of nitrogens with zero attached hydrogens (tertiary/aromatic N) is 3. The number of fused-ring (bicyclic) bond motifs is 2. The number of para-hydroxylation sites is 1. The van der Waals surface area contributed by atoms with Crippen molar-refractivity contribution in [2.24, 2.45) is 5.92 Å². The molecule has 1 aromatic heterocycles. The molecule has 11 heteroatoms. The lowest BCUT2D eigenvalue weighted by molar-refractivity contribution is -0.122. The molecule has 1 N–H and O–H groups in total. The van der Waals surface area contributed by atoms with Crippen molar-refractivity contribution in [1.29, 1.82) is 0 Å². The van der Waals surface area contributed by atoms with Gasteiger partial charge in [0, 0.05) is 36.3 Å². The van der Waals surface area contributed by atoms with Crippen LogP contribution in [0, 0.1) is 11.7 Å². The second-order valence-electron chi connectivity index (χ2n) is 10.1. The van der Waals surface area contributed by atoms with Gasteiger partial charge in [0.05, 0.1) is 16.6 Å². The summed E-state index contributed by atoms with van der Waals surface area (Å²) in [5.74, 6) is -3.05. The van der Waals surface area contributed by atoms with Crippen LogP contribution in [0.2, 0.25) is 0 Å². The number of imide groups is 1. The highest BCUT2D eigenvalue weighted by molar-refractivity contribution is 8.00. The summed E-state index contributed by atoms with van der Waals surface area (Å²) in [6, 6.07) is 21.9. The van der Waals surface area contributed by atoms with E-state index in [-0.39, 0.29) is 17.3 Å². The number of thiazole rings is 1. The minimum atomic E-state index is -0.823. The molecule has 4 aromatic rings. The van der Waals surface area contributed by atoms with Crippen molar-refractivity contribution >= 4 is 57.9 Å². The normalized spacial score (nSPS) is 19.6. The van der Waals surface area contributed by atoms with E-state index >= 15 is 0 Å². The largest absolute Gasteiger partial charge is 0.378 e. The summed E-state index contributed by atoms with van der Waals surface area (Å²) in [6.45, 7) is -0.236. The van der Waals surface area contributed by atoms with Crippen LogP contribution in [0.15, 0.2) is 88.7 Å². The van der Waals surface area contributed by atoms with E-state index in [0.717, 1.165) is 39.2 Å². The molecular formula is C30H25FN4O4S2. The molecule has 41 heavy (non-hydrogen) atoms. The molecule has 8 nitrogen and oxygen atoms in total. The number of nitrogens with one attached hydrogen (secondary N) is 1. The fourth-order valence-electron chi connectivity index (χ4n) is 5.30. The molecule has 208 valence electrons. The van der Waals surface area contributed by atoms with E-state index in [4.69, 9.17) is 0 Å². The maximum Gasteiger partial charge on any atom is 0.308 e. The molecule has 3 unspecified atom stereocenters. The Balaban J connectivity index is 1.42. The minimum Gasteiger partial charge on any atom is -0.378 e. The van der Waals surface area contributed by atoms with Gasteiger partial charge in [0.1, 0.15) is 17.6 Å². The van der Waals surface area contributed by atoms with Gasteiger partial charge < -0.3 is 10.2 Å². The van der Waals surface area contributed by atoms with Crippen LogP contribution < -0.4 is 20.0 Å². The van der Waals surface area contributed by atoms with Crippen molar-refractivity contribution in [3.05, 3.63) is 105 Å². The quantitative estimate of drug-likeness (QED) is 0.333. The highest BCUT2D eigenvalue weighted by atomic mass is 32.2. The highest BCUT2D eigenvalue weighted by Gasteiger charge is 2.56. The van der Waals surface area contributed by atoms with E-state index in [2.05, 4.69) is 5.32 Å². The Labute approximate surface area is 243 Å². The Kier molecular flexibility index (Phi) is 7.00. The SMILES string of the molecule is CN(C)c1ccc(C2c3sc(=O)n(CC(=O)Nc4ccccc4)c3SC3C(=O)N(c4ccc(F)cc4)C(=O)C32)cc1. The number of hydrogen-bond donors (Lipinski definition) is 1. The molecule has 0 bridgehead atoms. The molecule has 0 radical (unpaired) electrons. The van der Waals surface area contributed by atoms with E-state index in [1.807, 2.05) is 49.3 Å². The number of hydrogen-bond acceptors (Lipinski definition) is 7. The predicted molar refractivity (Wildman–Crippen MR) is 158 cm³/mol. The number of thioether (sulfide) groups is 1. The highest BCUT2D eigenvalue weighted by Crippen LogP contribution is 2.54. The number of halogens is 1. The predicted octanol–water partition coefficient (Wildman–Crippen LogP) is 4.55. The number of carbonyl (C=O) groups excluding carboxylic acids is 3. The molecule has 0 spiro atoms. The first kappa shape index (κ1) is 27.0. The van der Waals surface area contributed by atoms with E-state index < -0.39 is 34.7 Å². The zero-order chi connectivity index (χ0) is 28.8. The van der Waals surface area contributed by atoms with E-state index in [1.54, 1.807) is 24.3 Å². The Morgan fingerprint density at radius 2 is 1.61 bits per heavy atom. The van der Waals surface area contributed by atoms with E-state index in [9.17, 15) is 23.6 Å². The number of benzene rings is 3. The van der Waals surface area contributed by atoms with Gasteiger partial charge in [0.2, 0.25) is 17.7 Å². The number of amides is 3. The molecule has 0 saturated carbocycles. The molecule has 0 aliphatic carbocycles. The van der Waals surface area contributed by atoms with Gasteiger partial charge in [0.25, 0.3) is 0 Å². The van der Waals surface area contributed by atoms with Crippen LogP contribution in [0.4, 0.5) is 21.5 Å². The van der Waals surface area contributed by atoms with Crippen LogP contribution >= 0.6 is 23.1 Å². The summed E-state index contributed by atoms with van der Waals surface area (Å²) in [5.41, 5.74) is 2.64. The van der Waals surface area contributed by atoms with Gasteiger partial charge in [-0.25, -0.2) is 9.29 Å². The van der Waals surface area contributed by atoms with Gasteiger partial charge >= 0.3 is 4.87 Å². The molecule has 2 aliphatic heterocycles. The maximum absolute atomic E-state index is 13.9.